The molecular formula is C14H24N4O2S. The van der Waals surface area contributed by atoms with E-state index in [1.54, 1.807) is 12.1 Å². The van der Waals surface area contributed by atoms with E-state index in [4.69, 9.17) is 5.73 Å². The summed E-state index contributed by atoms with van der Waals surface area (Å²) in [4.78, 5) is 4.81. The van der Waals surface area contributed by atoms with Crippen LogP contribution in [0.15, 0.2) is 29.2 Å². The summed E-state index contributed by atoms with van der Waals surface area (Å²) in [5, 5.41) is 0. The van der Waals surface area contributed by atoms with Gasteiger partial charge in [0, 0.05) is 38.8 Å². The number of hydrogen-bond acceptors (Lipinski definition) is 5. The van der Waals surface area contributed by atoms with Gasteiger partial charge in [-0.2, -0.15) is 0 Å². The van der Waals surface area contributed by atoms with E-state index in [0.29, 0.717) is 17.5 Å². The van der Waals surface area contributed by atoms with Crippen LogP contribution in [0.4, 0.5) is 5.69 Å². The van der Waals surface area contributed by atoms with Crippen LogP contribution in [-0.2, 0) is 10.0 Å². The summed E-state index contributed by atoms with van der Waals surface area (Å²) in [6.07, 6.45) is 0. The van der Waals surface area contributed by atoms with Gasteiger partial charge in [0.2, 0.25) is 10.0 Å². The summed E-state index contributed by atoms with van der Waals surface area (Å²) < 4.78 is 26.6. The third-order valence-electron chi connectivity index (χ3n) is 4.04. The normalized spacial score (nSPS) is 18.7. The van der Waals surface area contributed by atoms with Crippen LogP contribution in [0, 0.1) is 0 Å². The van der Waals surface area contributed by atoms with Crippen molar-refractivity contribution in [1.82, 2.24) is 9.62 Å². The maximum absolute atomic E-state index is 12.1. The molecule has 0 bridgehead atoms. The highest BCUT2D eigenvalue weighted by Crippen LogP contribution is 2.26. The second-order valence-corrected chi connectivity index (χ2v) is 7.14. The van der Waals surface area contributed by atoms with Crippen LogP contribution in [-0.4, -0.2) is 59.1 Å². The van der Waals surface area contributed by atoms with Crippen LogP contribution >= 0.6 is 0 Å². The lowest BCUT2D eigenvalue weighted by atomic mass is 10.2. The number of anilines is 1. The Balaban J connectivity index is 2.18. The van der Waals surface area contributed by atoms with Crippen molar-refractivity contribution in [2.24, 2.45) is 5.73 Å². The number of piperazine rings is 1. The molecule has 1 aromatic carbocycles. The zero-order valence-electron chi connectivity index (χ0n) is 12.6. The highest BCUT2D eigenvalue weighted by atomic mass is 32.2. The molecule has 0 saturated carbocycles. The fourth-order valence-electron chi connectivity index (χ4n) is 2.61. The molecule has 3 N–H and O–H groups in total. The second-order valence-electron chi connectivity index (χ2n) is 5.28. The van der Waals surface area contributed by atoms with Crippen molar-refractivity contribution in [2.45, 2.75) is 17.9 Å². The lowest BCUT2D eigenvalue weighted by molar-refractivity contribution is 0.201. The minimum absolute atomic E-state index is 0.341. The molecule has 1 aromatic rings. The highest BCUT2D eigenvalue weighted by molar-refractivity contribution is 7.89. The molecule has 2 rings (SSSR count). The minimum Gasteiger partial charge on any atom is -0.368 e. The zero-order chi connectivity index (χ0) is 15.5. The molecule has 0 aromatic heterocycles. The Bertz CT molecular complexity index is 568. The van der Waals surface area contributed by atoms with Crippen molar-refractivity contribution < 1.29 is 8.42 Å². The number of para-hydroxylation sites is 1. The Morgan fingerprint density at radius 2 is 1.86 bits per heavy atom. The Morgan fingerprint density at radius 1 is 1.24 bits per heavy atom. The Labute approximate surface area is 127 Å². The van der Waals surface area contributed by atoms with Crippen LogP contribution in [0.2, 0.25) is 0 Å². The monoisotopic (exact) mass is 312 g/mol. The maximum Gasteiger partial charge on any atom is 0.242 e. The Hall–Kier alpha value is -1.15. The van der Waals surface area contributed by atoms with E-state index in [0.717, 1.165) is 31.9 Å². The standard InChI is InChI=1S/C14H24N4O2S/c1-12(11-15)17-7-9-18(10-8-17)13-5-3-4-6-14(13)21(19,20)16-2/h3-6,12,16H,7-11,15H2,1-2H3. The second kappa shape index (κ2) is 6.74. The molecular weight excluding hydrogens is 288 g/mol. The molecule has 0 spiro atoms. The average Bonchev–Trinajstić information content (AvgIpc) is 2.54. The van der Waals surface area contributed by atoms with Crippen LogP contribution < -0.4 is 15.4 Å². The number of nitrogens with one attached hydrogen (secondary N) is 1. The lowest BCUT2D eigenvalue weighted by Gasteiger charge is -2.39. The van der Waals surface area contributed by atoms with Crippen molar-refractivity contribution >= 4 is 15.7 Å². The van der Waals surface area contributed by atoms with E-state index in [1.165, 1.54) is 7.05 Å². The molecule has 1 aliphatic rings. The summed E-state index contributed by atoms with van der Waals surface area (Å²) in [5.41, 5.74) is 6.48. The van der Waals surface area contributed by atoms with E-state index in [9.17, 15) is 8.42 Å². The number of hydrogen-bond donors (Lipinski definition) is 2. The largest absolute Gasteiger partial charge is 0.368 e. The molecule has 7 heteroatoms. The molecule has 1 fully saturated rings. The van der Waals surface area contributed by atoms with Crippen molar-refractivity contribution in [3.8, 4) is 0 Å². The Kier molecular flexibility index (Phi) is 5.21. The topological polar surface area (TPSA) is 78.7 Å². The van der Waals surface area contributed by atoms with Gasteiger partial charge in [-0.3, -0.25) is 4.90 Å². The number of nitrogens with zero attached hydrogens (tertiary/aromatic N) is 2. The van der Waals surface area contributed by atoms with E-state index in [1.807, 2.05) is 12.1 Å². The van der Waals surface area contributed by atoms with Crippen molar-refractivity contribution in [2.75, 3.05) is 44.7 Å². The molecule has 21 heavy (non-hydrogen) atoms. The van der Waals surface area contributed by atoms with Crippen LogP contribution in [0.1, 0.15) is 6.92 Å². The van der Waals surface area contributed by atoms with Crippen molar-refractivity contribution in [3.63, 3.8) is 0 Å². The summed E-state index contributed by atoms with van der Waals surface area (Å²) in [7, 11) is -2.00. The van der Waals surface area contributed by atoms with E-state index >= 15 is 0 Å². The van der Waals surface area contributed by atoms with Crippen molar-refractivity contribution in [1.29, 1.82) is 0 Å². The van der Waals surface area contributed by atoms with Gasteiger partial charge in [-0.15, -0.1) is 0 Å². The van der Waals surface area contributed by atoms with E-state index in [2.05, 4.69) is 21.4 Å². The third kappa shape index (κ3) is 3.55. The zero-order valence-corrected chi connectivity index (χ0v) is 13.4. The predicted octanol–water partition coefficient (Wildman–Crippen LogP) is 0.0639. The molecule has 6 nitrogen and oxygen atoms in total. The highest BCUT2D eigenvalue weighted by Gasteiger charge is 2.24. The molecule has 0 amide bonds. The maximum atomic E-state index is 12.1. The minimum atomic E-state index is -3.44. The first-order valence-electron chi connectivity index (χ1n) is 7.21. The third-order valence-corrected chi connectivity index (χ3v) is 5.50. The van der Waals surface area contributed by atoms with Crippen LogP contribution in [0.5, 0.6) is 0 Å². The molecule has 1 aliphatic heterocycles. The summed E-state index contributed by atoms with van der Waals surface area (Å²) >= 11 is 0. The molecule has 1 unspecified atom stereocenters. The fraction of sp³-hybridized carbons (Fsp3) is 0.571. The number of sulfonamides is 1. The molecule has 0 radical (unpaired) electrons. The molecule has 118 valence electrons. The van der Waals surface area contributed by atoms with E-state index in [-0.39, 0.29) is 0 Å². The van der Waals surface area contributed by atoms with E-state index < -0.39 is 10.0 Å². The first-order chi connectivity index (χ1) is 9.99. The van der Waals surface area contributed by atoms with Crippen LogP contribution in [0.3, 0.4) is 0 Å². The smallest absolute Gasteiger partial charge is 0.242 e. The van der Waals surface area contributed by atoms with Gasteiger partial charge in [-0.25, -0.2) is 13.1 Å². The molecule has 1 saturated heterocycles. The summed E-state index contributed by atoms with van der Waals surface area (Å²) in [5.74, 6) is 0. The van der Waals surface area contributed by atoms with Gasteiger partial charge in [0.15, 0.2) is 0 Å². The summed E-state index contributed by atoms with van der Waals surface area (Å²) in [6, 6.07) is 7.50. The number of rotatable bonds is 5. The average molecular weight is 312 g/mol. The Morgan fingerprint density at radius 3 is 2.43 bits per heavy atom. The number of nitrogens with two attached hydrogens (primary N) is 1. The molecule has 1 heterocycles. The SMILES string of the molecule is CNS(=O)(=O)c1ccccc1N1CCN(C(C)CN)CC1. The molecule has 0 aliphatic carbocycles. The van der Waals surface area contributed by atoms with Crippen molar-refractivity contribution in [3.05, 3.63) is 24.3 Å². The molecule has 1 atom stereocenters. The van der Waals surface area contributed by atoms with Gasteiger partial charge in [-0.05, 0) is 26.1 Å². The van der Waals surface area contributed by atoms with Gasteiger partial charge >= 0.3 is 0 Å². The predicted molar refractivity (Wildman–Crippen MR) is 85.0 cm³/mol. The van der Waals surface area contributed by atoms with Gasteiger partial charge < -0.3 is 10.6 Å². The van der Waals surface area contributed by atoms with Gasteiger partial charge in [0.05, 0.1) is 5.69 Å². The first kappa shape index (κ1) is 16.2. The van der Waals surface area contributed by atoms with Gasteiger partial charge in [0.1, 0.15) is 4.90 Å². The number of benzene rings is 1. The van der Waals surface area contributed by atoms with Crippen LogP contribution in [0.25, 0.3) is 0 Å². The quantitative estimate of drug-likeness (QED) is 0.804. The van der Waals surface area contributed by atoms with Gasteiger partial charge in [-0.1, -0.05) is 12.1 Å². The lowest BCUT2D eigenvalue weighted by Crippen LogP contribution is -2.51. The summed E-state index contributed by atoms with van der Waals surface area (Å²) in [6.45, 7) is 6.17. The van der Waals surface area contributed by atoms with Gasteiger partial charge in [0.25, 0.3) is 0 Å². The fourth-order valence-corrected chi connectivity index (χ4v) is 3.56. The first-order valence-corrected chi connectivity index (χ1v) is 8.69.